The molecule has 2 amide bonds. The van der Waals surface area contributed by atoms with Gasteiger partial charge in [0.25, 0.3) is 11.8 Å². The first-order chi connectivity index (χ1) is 13.4. The van der Waals surface area contributed by atoms with Crippen LogP contribution < -0.4 is 15.0 Å². The Labute approximate surface area is 164 Å². The Bertz CT molecular complexity index is 1020. The molecule has 0 aliphatic carbocycles. The van der Waals surface area contributed by atoms with Crippen molar-refractivity contribution in [1.82, 2.24) is 5.32 Å². The van der Waals surface area contributed by atoms with Gasteiger partial charge in [-0.3, -0.25) is 14.9 Å². The third kappa shape index (κ3) is 3.89. The minimum Gasteiger partial charge on any atom is -0.481 e. The lowest BCUT2D eigenvalue weighted by Crippen LogP contribution is -2.54. The Balaban J connectivity index is 2.01. The summed E-state index contributed by atoms with van der Waals surface area (Å²) in [4.78, 5) is 36.8. The van der Waals surface area contributed by atoms with Gasteiger partial charge in [-0.15, -0.1) is 0 Å². The van der Waals surface area contributed by atoms with Gasteiger partial charge in [0, 0.05) is 5.56 Å². The largest absolute Gasteiger partial charge is 0.481 e. The number of hydrogen-bond acceptors (Lipinski definition) is 5. The second-order valence-corrected chi connectivity index (χ2v) is 6.02. The number of thiocarbonyl (C=S) groups is 1. The van der Waals surface area contributed by atoms with Gasteiger partial charge in [0.1, 0.15) is 17.1 Å². The third-order valence-corrected chi connectivity index (χ3v) is 4.05. The maximum absolute atomic E-state index is 14.2. The zero-order valence-electron chi connectivity index (χ0n) is 14.2. The second kappa shape index (κ2) is 7.97. The molecule has 0 radical (unpaired) electrons. The number of amides is 2. The van der Waals surface area contributed by atoms with Crippen LogP contribution in [-0.4, -0.2) is 34.6 Å². The fraction of sp³-hybridized carbons (Fsp3) is 0.0526. The van der Waals surface area contributed by atoms with E-state index >= 15 is 0 Å². The molecule has 1 fully saturated rings. The molecular formula is C19H13FN2O5S. The molecule has 1 aliphatic heterocycles. The van der Waals surface area contributed by atoms with Crippen molar-refractivity contribution in [3.63, 3.8) is 0 Å². The number of hydrogen-bond donors (Lipinski definition) is 2. The summed E-state index contributed by atoms with van der Waals surface area (Å²) >= 11 is 5.03. The van der Waals surface area contributed by atoms with Crippen molar-refractivity contribution in [2.24, 2.45) is 0 Å². The molecule has 1 aliphatic rings. The molecule has 0 aromatic heterocycles. The zero-order chi connectivity index (χ0) is 20.3. The van der Waals surface area contributed by atoms with E-state index in [0.29, 0.717) is 5.56 Å². The lowest BCUT2D eigenvalue weighted by atomic mass is 10.1. The normalized spacial score (nSPS) is 15.5. The minimum atomic E-state index is -1.18. The first-order valence-electron chi connectivity index (χ1n) is 7.98. The van der Waals surface area contributed by atoms with Crippen LogP contribution in [0.2, 0.25) is 0 Å². The summed E-state index contributed by atoms with van der Waals surface area (Å²) in [7, 11) is 0. The lowest BCUT2D eigenvalue weighted by molar-refractivity contribution is -0.139. The summed E-state index contributed by atoms with van der Waals surface area (Å²) in [6, 6.07) is 11.8. The predicted octanol–water partition coefficient (Wildman–Crippen LogP) is 2.12. The number of aliphatic carboxylic acids is 1. The summed E-state index contributed by atoms with van der Waals surface area (Å²) in [6.07, 6.45) is 1.24. The zero-order valence-corrected chi connectivity index (χ0v) is 15.0. The van der Waals surface area contributed by atoms with Crippen molar-refractivity contribution >= 4 is 46.9 Å². The quantitative estimate of drug-likeness (QED) is 0.454. The molecule has 7 nitrogen and oxygen atoms in total. The Kier molecular flexibility index (Phi) is 5.46. The maximum Gasteiger partial charge on any atom is 0.341 e. The van der Waals surface area contributed by atoms with E-state index in [-0.39, 0.29) is 22.1 Å². The van der Waals surface area contributed by atoms with Gasteiger partial charge in [0.2, 0.25) is 0 Å². The third-order valence-electron chi connectivity index (χ3n) is 3.77. The number of carbonyl (C=O) groups is 3. The van der Waals surface area contributed by atoms with Gasteiger partial charge in [-0.1, -0.05) is 30.3 Å². The fourth-order valence-electron chi connectivity index (χ4n) is 2.54. The van der Waals surface area contributed by atoms with Crippen LogP contribution in [0.3, 0.4) is 0 Å². The minimum absolute atomic E-state index is 0.0983. The number of benzene rings is 2. The maximum atomic E-state index is 14.2. The van der Waals surface area contributed by atoms with Crippen LogP contribution in [0.15, 0.2) is 54.1 Å². The molecule has 3 rings (SSSR count). The van der Waals surface area contributed by atoms with Gasteiger partial charge in [0.15, 0.2) is 11.7 Å². The number of carboxylic acid groups (broad SMARTS) is 1. The fourth-order valence-corrected chi connectivity index (χ4v) is 2.81. The molecule has 142 valence electrons. The van der Waals surface area contributed by atoms with E-state index in [4.69, 9.17) is 22.1 Å². The standard InChI is InChI=1S/C19H13FN2O5S/c20-13-6-2-3-7-14(13)22-18(26)12(17(25)21-19(22)28)9-11-5-1-4-8-15(11)27-10-16(23)24/h1-9H,10H2,(H,23,24)(H,21,25,28). The number of rotatable bonds is 5. The van der Waals surface area contributed by atoms with Crippen LogP contribution in [-0.2, 0) is 14.4 Å². The number of carbonyl (C=O) groups excluding carboxylic acids is 2. The highest BCUT2D eigenvalue weighted by molar-refractivity contribution is 7.80. The lowest BCUT2D eigenvalue weighted by Gasteiger charge is -2.29. The summed E-state index contributed by atoms with van der Waals surface area (Å²) in [5, 5.41) is 10.9. The molecule has 9 heteroatoms. The molecule has 0 saturated carbocycles. The van der Waals surface area contributed by atoms with E-state index in [9.17, 15) is 18.8 Å². The Hall–Kier alpha value is -3.59. The Morgan fingerprint density at radius 3 is 2.57 bits per heavy atom. The first kappa shape index (κ1) is 19.2. The molecular weight excluding hydrogens is 387 g/mol. The van der Waals surface area contributed by atoms with E-state index in [1.165, 1.54) is 36.4 Å². The van der Waals surface area contributed by atoms with Gasteiger partial charge < -0.3 is 9.84 Å². The van der Waals surface area contributed by atoms with Gasteiger partial charge in [-0.05, 0) is 36.5 Å². The summed E-state index contributed by atoms with van der Waals surface area (Å²) in [5.74, 6) is -3.25. The first-order valence-corrected chi connectivity index (χ1v) is 8.39. The van der Waals surface area contributed by atoms with Gasteiger partial charge in [-0.2, -0.15) is 0 Å². The van der Waals surface area contributed by atoms with Gasteiger partial charge >= 0.3 is 5.97 Å². The molecule has 0 spiro atoms. The van der Waals surface area contributed by atoms with Gasteiger partial charge in [0.05, 0.1) is 5.69 Å². The van der Waals surface area contributed by atoms with Crippen molar-refractivity contribution < 1.29 is 28.6 Å². The monoisotopic (exact) mass is 400 g/mol. The highest BCUT2D eigenvalue weighted by Crippen LogP contribution is 2.26. The molecule has 2 N–H and O–H groups in total. The topological polar surface area (TPSA) is 95.9 Å². The highest BCUT2D eigenvalue weighted by atomic mass is 32.1. The molecule has 28 heavy (non-hydrogen) atoms. The van der Waals surface area contributed by atoms with E-state index < -0.39 is 30.2 Å². The highest BCUT2D eigenvalue weighted by Gasteiger charge is 2.35. The molecule has 0 unspecified atom stereocenters. The number of para-hydroxylation sites is 2. The molecule has 1 heterocycles. The van der Waals surface area contributed by atoms with E-state index in [1.807, 2.05) is 0 Å². The molecule has 2 aromatic rings. The van der Waals surface area contributed by atoms with Crippen LogP contribution in [0.1, 0.15) is 5.56 Å². The summed E-state index contributed by atoms with van der Waals surface area (Å²) < 4.78 is 19.3. The van der Waals surface area contributed by atoms with Crippen molar-refractivity contribution in [3.8, 4) is 5.75 Å². The number of nitrogens with one attached hydrogen (secondary N) is 1. The van der Waals surface area contributed by atoms with Crippen molar-refractivity contribution in [2.75, 3.05) is 11.5 Å². The number of nitrogens with zero attached hydrogens (tertiary/aromatic N) is 1. The molecule has 2 aromatic carbocycles. The van der Waals surface area contributed by atoms with Crippen molar-refractivity contribution in [2.45, 2.75) is 0 Å². The number of halogens is 1. The average Bonchev–Trinajstić information content (AvgIpc) is 2.65. The number of ether oxygens (including phenoxy) is 1. The van der Waals surface area contributed by atoms with Crippen molar-refractivity contribution in [3.05, 3.63) is 65.5 Å². The summed E-state index contributed by atoms with van der Waals surface area (Å²) in [6.45, 7) is -0.592. The second-order valence-electron chi connectivity index (χ2n) is 5.63. The SMILES string of the molecule is O=C(O)COc1ccccc1C=C1C(=O)NC(=S)N(c2ccccc2F)C1=O. The average molecular weight is 400 g/mol. The van der Waals surface area contributed by atoms with Crippen LogP contribution in [0.4, 0.5) is 10.1 Å². The molecule has 0 bridgehead atoms. The predicted molar refractivity (Wildman–Crippen MR) is 102 cm³/mol. The van der Waals surface area contributed by atoms with Gasteiger partial charge in [-0.25, -0.2) is 14.1 Å². The molecule has 1 saturated heterocycles. The van der Waals surface area contributed by atoms with Crippen LogP contribution in [0.25, 0.3) is 6.08 Å². The van der Waals surface area contributed by atoms with E-state index in [2.05, 4.69) is 5.32 Å². The van der Waals surface area contributed by atoms with Crippen LogP contribution in [0, 0.1) is 5.82 Å². The molecule has 0 atom stereocenters. The van der Waals surface area contributed by atoms with Crippen LogP contribution in [0.5, 0.6) is 5.75 Å². The smallest absolute Gasteiger partial charge is 0.341 e. The Morgan fingerprint density at radius 2 is 1.86 bits per heavy atom. The van der Waals surface area contributed by atoms with Crippen LogP contribution >= 0.6 is 12.2 Å². The summed E-state index contributed by atoms with van der Waals surface area (Å²) in [5.41, 5.74) is -0.0920. The number of carboxylic acids is 1. The van der Waals surface area contributed by atoms with Crippen molar-refractivity contribution in [1.29, 1.82) is 0 Å². The Morgan fingerprint density at radius 1 is 1.18 bits per heavy atom. The number of anilines is 1. The van der Waals surface area contributed by atoms with E-state index in [0.717, 1.165) is 4.90 Å². The van der Waals surface area contributed by atoms with E-state index in [1.54, 1.807) is 18.2 Å².